The highest BCUT2D eigenvalue weighted by atomic mass is 15.8. The topological polar surface area (TPSA) is 18.5 Å². The summed E-state index contributed by atoms with van der Waals surface area (Å²) in [5.74, 6) is 0. The zero-order valence-electron chi connectivity index (χ0n) is 6.39. The van der Waals surface area contributed by atoms with Crippen LogP contribution in [0.2, 0.25) is 0 Å². The molecule has 3 heteroatoms. The van der Waals surface area contributed by atoms with Crippen LogP contribution in [0.1, 0.15) is 13.3 Å². The molecule has 0 aromatic rings. The first kappa shape index (κ1) is 6.99. The Morgan fingerprint density at radius 2 is 2.11 bits per heavy atom. The van der Waals surface area contributed by atoms with Gasteiger partial charge in [-0.25, -0.2) is 10.4 Å². The van der Waals surface area contributed by atoms with Crippen LogP contribution in [0.15, 0.2) is 0 Å². The Morgan fingerprint density at radius 1 is 1.44 bits per heavy atom. The van der Waals surface area contributed by atoms with Crippen LogP contribution < -0.4 is 5.43 Å². The summed E-state index contributed by atoms with van der Waals surface area (Å²) in [5.41, 5.74) is 3.29. The number of nitrogens with one attached hydrogen (secondary N) is 1. The van der Waals surface area contributed by atoms with E-state index in [9.17, 15) is 0 Å². The number of hydrogen-bond acceptors (Lipinski definition) is 3. The third-order valence-corrected chi connectivity index (χ3v) is 1.81. The molecule has 0 amide bonds. The Hall–Kier alpha value is -0.120. The van der Waals surface area contributed by atoms with E-state index in [2.05, 4.69) is 24.4 Å². The zero-order chi connectivity index (χ0) is 6.85. The van der Waals surface area contributed by atoms with E-state index in [1.54, 1.807) is 0 Å². The molecule has 3 nitrogen and oxygen atoms in total. The van der Waals surface area contributed by atoms with Crippen LogP contribution in [0.5, 0.6) is 0 Å². The van der Waals surface area contributed by atoms with Crippen molar-refractivity contribution < 1.29 is 0 Å². The number of rotatable bonds is 0. The number of hydrazine groups is 2. The molecule has 54 valence electrons. The number of nitrogens with zero attached hydrogens (tertiary/aromatic N) is 2. The van der Waals surface area contributed by atoms with Crippen molar-refractivity contribution in [2.45, 2.75) is 19.4 Å². The first-order valence-corrected chi connectivity index (χ1v) is 3.41. The van der Waals surface area contributed by atoms with Gasteiger partial charge in [0, 0.05) is 26.7 Å². The van der Waals surface area contributed by atoms with Crippen LogP contribution in [-0.4, -0.2) is 36.8 Å². The third kappa shape index (κ3) is 1.64. The Labute approximate surface area is 56.6 Å². The van der Waals surface area contributed by atoms with Crippen molar-refractivity contribution in [1.82, 2.24) is 15.6 Å². The highest BCUT2D eigenvalue weighted by Crippen LogP contribution is 2.01. The molecule has 1 fully saturated rings. The zero-order valence-corrected chi connectivity index (χ0v) is 6.39. The molecule has 0 aliphatic carbocycles. The van der Waals surface area contributed by atoms with Gasteiger partial charge in [-0.3, -0.25) is 0 Å². The van der Waals surface area contributed by atoms with Gasteiger partial charge in [0.05, 0.1) is 0 Å². The molecule has 0 aromatic heterocycles. The van der Waals surface area contributed by atoms with Crippen molar-refractivity contribution in [1.29, 1.82) is 0 Å². The summed E-state index contributed by atoms with van der Waals surface area (Å²) in [4.78, 5) is 0. The highest BCUT2D eigenvalue weighted by Gasteiger charge is 2.15. The molecule has 1 aliphatic heterocycles. The lowest BCUT2D eigenvalue weighted by atomic mass is 10.2. The van der Waals surface area contributed by atoms with E-state index in [-0.39, 0.29) is 0 Å². The van der Waals surface area contributed by atoms with Gasteiger partial charge in [0.25, 0.3) is 0 Å². The first-order valence-electron chi connectivity index (χ1n) is 3.41. The van der Waals surface area contributed by atoms with E-state index in [0.717, 1.165) is 6.54 Å². The summed E-state index contributed by atoms with van der Waals surface area (Å²) in [7, 11) is 4.12. The lowest BCUT2D eigenvalue weighted by Gasteiger charge is -2.36. The summed E-state index contributed by atoms with van der Waals surface area (Å²) in [6.07, 6.45) is 1.24. The van der Waals surface area contributed by atoms with Crippen molar-refractivity contribution in [2.75, 3.05) is 20.6 Å². The molecule has 1 atom stereocenters. The van der Waals surface area contributed by atoms with Crippen molar-refractivity contribution >= 4 is 0 Å². The smallest absolute Gasteiger partial charge is 0.0213 e. The van der Waals surface area contributed by atoms with E-state index in [4.69, 9.17) is 0 Å². The molecule has 0 saturated carbocycles. The normalized spacial score (nSPS) is 33.0. The molecule has 0 bridgehead atoms. The van der Waals surface area contributed by atoms with Crippen molar-refractivity contribution in [3.8, 4) is 0 Å². The monoisotopic (exact) mass is 129 g/mol. The van der Waals surface area contributed by atoms with Crippen molar-refractivity contribution in [3.05, 3.63) is 0 Å². The molecule has 1 saturated heterocycles. The van der Waals surface area contributed by atoms with Crippen LogP contribution in [0.25, 0.3) is 0 Å². The molecular weight excluding hydrogens is 114 g/mol. The minimum Gasteiger partial charge on any atom is -0.239 e. The average molecular weight is 129 g/mol. The van der Waals surface area contributed by atoms with E-state index in [1.165, 1.54) is 6.42 Å². The van der Waals surface area contributed by atoms with Gasteiger partial charge >= 0.3 is 0 Å². The van der Waals surface area contributed by atoms with E-state index in [1.807, 2.05) is 12.2 Å². The minimum absolute atomic E-state index is 0.631. The van der Waals surface area contributed by atoms with Gasteiger partial charge in [-0.05, 0) is 13.3 Å². The fraction of sp³-hybridized carbons (Fsp3) is 1.00. The Morgan fingerprint density at radius 3 is 2.56 bits per heavy atom. The predicted molar refractivity (Wildman–Crippen MR) is 37.6 cm³/mol. The molecule has 1 N–H and O–H groups in total. The second kappa shape index (κ2) is 2.64. The minimum atomic E-state index is 0.631. The number of hydrogen-bond donors (Lipinski definition) is 1. The largest absolute Gasteiger partial charge is 0.239 e. The summed E-state index contributed by atoms with van der Waals surface area (Å²) < 4.78 is 0. The maximum Gasteiger partial charge on any atom is 0.0213 e. The van der Waals surface area contributed by atoms with Gasteiger partial charge in [-0.15, -0.1) is 0 Å². The second-order valence-electron chi connectivity index (χ2n) is 2.72. The van der Waals surface area contributed by atoms with Crippen LogP contribution in [-0.2, 0) is 0 Å². The summed E-state index contributed by atoms with van der Waals surface area (Å²) in [6, 6.07) is 0.631. The molecule has 9 heavy (non-hydrogen) atoms. The standard InChI is InChI=1S/C6H15N3/c1-6-4-5-8(2)9(3)7-6/h6-7H,4-5H2,1-3H3. The molecule has 0 aromatic carbocycles. The van der Waals surface area contributed by atoms with Gasteiger partial charge in [0.2, 0.25) is 0 Å². The van der Waals surface area contributed by atoms with E-state index in [0.29, 0.717) is 6.04 Å². The maximum atomic E-state index is 3.29. The highest BCUT2D eigenvalue weighted by molar-refractivity contribution is 4.63. The van der Waals surface area contributed by atoms with Crippen LogP contribution in [0.4, 0.5) is 0 Å². The molecule has 1 rings (SSSR count). The van der Waals surface area contributed by atoms with Gasteiger partial charge in [0.15, 0.2) is 0 Å². The molecule has 0 spiro atoms. The molecular formula is C6H15N3. The van der Waals surface area contributed by atoms with Crippen molar-refractivity contribution in [3.63, 3.8) is 0 Å². The lowest BCUT2D eigenvalue weighted by Crippen LogP contribution is -2.55. The quantitative estimate of drug-likeness (QED) is 0.499. The molecule has 1 unspecified atom stereocenters. The first-order chi connectivity index (χ1) is 4.20. The Kier molecular flexibility index (Phi) is 2.05. The fourth-order valence-corrected chi connectivity index (χ4v) is 1.01. The van der Waals surface area contributed by atoms with Crippen LogP contribution in [0.3, 0.4) is 0 Å². The third-order valence-electron chi connectivity index (χ3n) is 1.81. The summed E-state index contributed by atoms with van der Waals surface area (Å²) in [6.45, 7) is 3.36. The predicted octanol–water partition coefficient (Wildman–Crippen LogP) is 0.0618. The Bertz CT molecular complexity index is 94.3. The van der Waals surface area contributed by atoms with Crippen LogP contribution in [0, 0.1) is 0 Å². The SMILES string of the molecule is CC1CCN(C)N(C)N1. The van der Waals surface area contributed by atoms with E-state index >= 15 is 0 Å². The molecule has 1 heterocycles. The van der Waals surface area contributed by atoms with Crippen LogP contribution >= 0.6 is 0 Å². The Balaban J connectivity index is 2.35. The van der Waals surface area contributed by atoms with Gasteiger partial charge < -0.3 is 0 Å². The maximum absolute atomic E-state index is 3.29. The van der Waals surface area contributed by atoms with E-state index < -0.39 is 0 Å². The van der Waals surface area contributed by atoms with Gasteiger partial charge in [-0.1, -0.05) is 0 Å². The summed E-state index contributed by atoms with van der Waals surface area (Å²) in [5, 5.41) is 4.20. The average Bonchev–Trinajstić information content (AvgIpc) is 1.80. The lowest BCUT2D eigenvalue weighted by molar-refractivity contribution is -0.0670. The second-order valence-corrected chi connectivity index (χ2v) is 2.72. The molecule has 0 radical (unpaired) electrons. The molecule has 1 aliphatic rings. The van der Waals surface area contributed by atoms with Crippen molar-refractivity contribution in [2.24, 2.45) is 0 Å². The van der Waals surface area contributed by atoms with Gasteiger partial charge in [-0.2, -0.15) is 5.12 Å². The fourth-order valence-electron chi connectivity index (χ4n) is 1.01. The summed E-state index contributed by atoms with van der Waals surface area (Å²) >= 11 is 0. The van der Waals surface area contributed by atoms with Gasteiger partial charge in [0.1, 0.15) is 0 Å².